The molecule has 0 spiro atoms. The number of hydrogen-bond donors (Lipinski definition) is 0. The van der Waals surface area contributed by atoms with E-state index in [4.69, 9.17) is 21.7 Å². The number of benzene rings is 2. The van der Waals surface area contributed by atoms with Crippen LogP contribution in [0.1, 0.15) is 5.56 Å². The highest BCUT2D eigenvalue weighted by atomic mass is 32.1. The summed E-state index contributed by atoms with van der Waals surface area (Å²) in [5, 5.41) is 0. The minimum atomic E-state index is -0.185. The average Bonchev–Trinajstić information content (AvgIpc) is 2.67. The molecule has 0 bridgehead atoms. The van der Waals surface area contributed by atoms with E-state index in [1.54, 1.807) is 20.3 Å². The number of para-hydroxylation sites is 1. The van der Waals surface area contributed by atoms with E-state index < -0.39 is 0 Å². The van der Waals surface area contributed by atoms with Gasteiger partial charge in [0.1, 0.15) is 22.3 Å². The normalized spacial score (nSPS) is 14.4. The smallest absolute Gasteiger partial charge is 0.146 e. The van der Waals surface area contributed by atoms with Crippen LogP contribution < -0.4 is 14.4 Å². The van der Waals surface area contributed by atoms with Crippen LogP contribution in [0.2, 0.25) is 0 Å². The molecule has 1 fully saturated rings. The van der Waals surface area contributed by atoms with Crippen molar-refractivity contribution < 1.29 is 13.9 Å². The SMILES string of the molecule is COc1ccc(C(=S)N2CCN(c3ccccc3F)CC2)c(OC)c1. The lowest BCUT2D eigenvalue weighted by molar-refractivity contribution is 0.381. The van der Waals surface area contributed by atoms with E-state index in [1.165, 1.54) is 6.07 Å². The fourth-order valence-electron chi connectivity index (χ4n) is 3.00. The summed E-state index contributed by atoms with van der Waals surface area (Å²) in [7, 11) is 3.24. The van der Waals surface area contributed by atoms with Crippen molar-refractivity contribution in [2.75, 3.05) is 45.3 Å². The van der Waals surface area contributed by atoms with E-state index in [9.17, 15) is 4.39 Å². The molecule has 2 aromatic rings. The molecule has 0 aliphatic carbocycles. The zero-order chi connectivity index (χ0) is 17.8. The van der Waals surface area contributed by atoms with Crippen molar-refractivity contribution in [3.05, 3.63) is 53.8 Å². The van der Waals surface area contributed by atoms with Gasteiger partial charge in [0.15, 0.2) is 0 Å². The topological polar surface area (TPSA) is 24.9 Å². The first-order valence-corrected chi connectivity index (χ1v) is 8.55. The average molecular weight is 360 g/mol. The lowest BCUT2D eigenvalue weighted by Crippen LogP contribution is -2.48. The molecule has 0 atom stereocenters. The summed E-state index contributed by atoms with van der Waals surface area (Å²) >= 11 is 5.67. The van der Waals surface area contributed by atoms with E-state index in [0.717, 1.165) is 42.5 Å². The lowest BCUT2D eigenvalue weighted by Gasteiger charge is -2.37. The van der Waals surface area contributed by atoms with Gasteiger partial charge in [-0.05, 0) is 24.3 Å². The standard InChI is InChI=1S/C19H21FN2O2S/c1-23-14-7-8-15(18(13-14)24-2)19(25)22-11-9-21(10-12-22)17-6-4-3-5-16(17)20/h3-8,13H,9-12H2,1-2H3. The van der Waals surface area contributed by atoms with Gasteiger partial charge in [0, 0.05) is 32.2 Å². The molecular formula is C19H21FN2O2S. The summed E-state index contributed by atoms with van der Waals surface area (Å²) in [5.41, 5.74) is 1.52. The molecule has 0 amide bonds. The van der Waals surface area contributed by atoms with Crippen LogP contribution in [0.5, 0.6) is 11.5 Å². The zero-order valence-electron chi connectivity index (χ0n) is 14.4. The summed E-state index contributed by atoms with van der Waals surface area (Å²) in [6, 6.07) is 12.5. The van der Waals surface area contributed by atoms with Gasteiger partial charge in [-0.15, -0.1) is 0 Å². The van der Waals surface area contributed by atoms with E-state index in [0.29, 0.717) is 11.4 Å². The molecular weight excluding hydrogens is 339 g/mol. The monoisotopic (exact) mass is 360 g/mol. The van der Waals surface area contributed by atoms with Crippen molar-refractivity contribution in [3.8, 4) is 11.5 Å². The molecule has 1 aliphatic rings. The van der Waals surface area contributed by atoms with Crippen LogP contribution >= 0.6 is 12.2 Å². The third-order valence-corrected chi connectivity index (χ3v) is 4.88. The van der Waals surface area contributed by atoms with Gasteiger partial charge in [-0.3, -0.25) is 0 Å². The largest absolute Gasteiger partial charge is 0.497 e. The molecule has 25 heavy (non-hydrogen) atoms. The van der Waals surface area contributed by atoms with E-state index in [-0.39, 0.29) is 5.82 Å². The number of ether oxygens (including phenoxy) is 2. The number of rotatable bonds is 4. The second-order valence-electron chi connectivity index (χ2n) is 5.80. The molecule has 1 saturated heterocycles. The van der Waals surface area contributed by atoms with Crippen molar-refractivity contribution in [1.29, 1.82) is 0 Å². The number of anilines is 1. The van der Waals surface area contributed by atoms with E-state index in [1.807, 2.05) is 30.3 Å². The van der Waals surface area contributed by atoms with Crippen LogP contribution in [0, 0.1) is 5.82 Å². The Kier molecular flexibility index (Phi) is 5.38. The number of thiocarbonyl (C=S) groups is 1. The summed E-state index contributed by atoms with van der Waals surface area (Å²) in [6.45, 7) is 2.92. The molecule has 4 nitrogen and oxygen atoms in total. The van der Waals surface area contributed by atoms with Crippen LogP contribution in [0.4, 0.5) is 10.1 Å². The van der Waals surface area contributed by atoms with Gasteiger partial charge in [0.25, 0.3) is 0 Å². The Morgan fingerprint density at radius 2 is 1.72 bits per heavy atom. The van der Waals surface area contributed by atoms with Crippen LogP contribution in [0.3, 0.4) is 0 Å². The third-order valence-electron chi connectivity index (χ3n) is 4.40. The molecule has 3 rings (SSSR count). The van der Waals surface area contributed by atoms with Crippen molar-refractivity contribution in [3.63, 3.8) is 0 Å². The van der Waals surface area contributed by atoms with Crippen LogP contribution in [0.25, 0.3) is 0 Å². The maximum atomic E-state index is 14.0. The number of piperazine rings is 1. The molecule has 0 saturated carbocycles. The van der Waals surface area contributed by atoms with Crippen LogP contribution in [-0.4, -0.2) is 50.3 Å². The van der Waals surface area contributed by atoms with Gasteiger partial charge in [-0.1, -0.05) is 24.4 Å². The molecule has 0 N–H and O–H groups in total. The predicted molar refractivity (Wildman–Crippen MR) is 101 cm³/mol. The first-order chi connectivity index (χ1) is 12.1. The Balaban J connectivity index is 1.71. The molecule has 132 valence electrons. The van der Waals surface area contributed by atoms with E-state index in [2.05, 4.69) is 9.80 Å². The van der Waals surface area contributed by atoms with E-state index >= 15 is 0 Å². The van der Waals surface area contributed by atoms with Crippen molar-refractivity contribution in [2.24, 2.45) is 0 Å². The Morgan fingerprint density at radius 3 is 2.36 bits per heavy atom. The molecule has 6 heteroatoms. The van der Waals surface area contributed by atoms with Crippen LogP contribution in [-0.2, 0) is 0 Å². The Bertz CT molecular complexity index is 761. The maximum Gasteiger partial charge on any atom is 0.146 e. The predicted octanol–water partition coefficient (Wildman–Crippen LogP) is 3.34. The number of hydrogen-bond acceptors (Lipinski definition) is 4. The Hall–Kier alpha value is -2.34. The quantitative estimate of drug-likeness (QED) is 0.779. The maximum absolute atomic E-state index is 14.0. The summed E-state index contributed by atoms with van der Waals surface area (Å²) < 4.78 is 24.6. The number of nitrogens with zero attached hydrogens (tertiary/aromatic N) is 2. The third kappa shape index (κ3) is 3.69. The Labute approximate surface area is 152 Å². The highest BCUT2D eigenvalue weighted by Gasteiger charge is 2.23. The molecule has 1 aliphatic heterocycles. The minimum Gasteiger partial charge on any atom is -0.497 e. The second-order valence-corrected chi connectivity index (χ2v) is 6.18. The van der Waals surface area contributed by atoms with Crippen LogP contribution in [0.15, 0.2) is 42.5 Å². The van der Waals surface area contributed by atoms with Crippen molar-refractivity contribution >= 4 is 22.9 Å². The van der Waals surface area contributed by atoms with Gasteiger partial charge in [0.05, 0.1) is 25.5 Å². The first kappa shape index (κ1) is 17.5. The fourth-order valence-corrected chi connectivity index (χ4v) is 3.36. The summed E-state index contributed by atoms with van der Waals surface area (Å²) in [4.78, 5) is 4.93. The molecule has 1 heterocycles. The zero-order valence-corrected chi connectivity index (χ0v) is 15.2. The highest BCUT2D eigenvalue weighted by molar-refractivity contribution is 7.80. The highest BCUT2D eigenvalue weighted by Crippen LogP contribution is 2.27. The lowest BCUT2D eigenvalue weighted by atomic mass is 10.1. The molecule has 0 aromatic heterocycles. The van der Waals surface area contributed by atoms with Gasteiger partial charge in [0.2, 0.25) is 0 Å². The van der Waals surface area contributed by atoms with Crippen molar-refractivity contribution in [1.82, 2.24) is 4.90 Å². The molecule has 2 aromatic carbocycles. The Morgan fingerprint density at radius 1 is 1.00 bits per heavy atom. The van der Waals surface area contributed by atoms with Gasteiger partial charge in [-0.2, -0.15) is 0 Å². The van der Waals surface area contributed by atoms with Gasteiger partial charge in [-0.25, -0.2) is 4.39 Å². The number of halogens is 1. The summed E-state index contributed by atoms with van der Waals surface area (Å²) in [6.07, 6.45) is 0. The van der Waals surface area contributed by atoms with Gasteiger partial charge >= 0.3 is 0 Å². The summed E-state index contributed by atoms with van der Waals surface area (Å²) in [5.74, 6) is 1.24. The minimum absolute atomic E-state index is 0.185. The molecule has 0 radical (unpaired) electrons. The van der Waals surface area contributed by atoms with Crippen molar-refractivity contribution in [2.45, 2.75) is 0 Å². The second kappa shape index (κ2) is 7.70. The van der Waals surface area contributed by atoms with Gasteiger partial charge < -0.3 is 19.3 Å². The fraction of sp³-hybridized carbons (Fsp3) is 0.316. The molecule has 0 unspecified atom stereocenters. The number of methoxy groups -OCH3 is 2. The first-order valence-electron chi connectivity index (χ1n) is 8.15.